The maximum Gasteiger partial charge on any atom is 0.257 e. The monoisotopic (exact) mass is 695 g/mol. The van der Waals surface area contributed by atoms with Gasteiger partial charge in [-0.15, -0.1) is 0 Å². The van der Waals surface area contributed by atoms with E-state index in [1.165, 1.54) is 0 Å². The van der Waals surface area contributed by atoms with Gasteiger partial charge >= 0.3 is 0 Å². The van der Waals surface area contributed by atoms with Crippen molar-refractivity contribution >= 4 is 17.7 Å². The zero-order valence-electron chi connectivity index (χ0n) is 26.0. The summed E-state index contributed by atoms with van der Waals surface area (Å²) in [5, 5.41) is 12.6. The highest BCUT2D eigenvalue weighted by atomic mass is 32.2. The van der Waals surface area contributed by atoms with Gasteiger partial charge in [-0.3, -0.25) is 4.79 Å². The van der Waals surface area contributed by atoms with Crippen molar-refractivity contribution in [3.8, 4) is 11.1 Å². The van der Waals surface area contributed by atoms with Crippen LogP contribution in [-0.2, 0) is 29.7 Å². The zero-order chi connectivity index (χ0) is 34.7. The van der Waals surface area contributed by atoms with Gasteiger partial charge in [0.2, 0.25) is 5.82 Å². The molecule has 0 bridgehead atoms. The van der Waals surface area contributed by atoms with Gasteiger partial charge in [0.1, 0.15) is 5.56 Å². The minimum absolute atomic E-state index is 0.0633. The maximum atomic E-state index is 14.1. The number of ether oxygens (including phenoxy) is 2. The minimum atomic E-state index is -2.34. The number of nitrogens with one attached hydrogen (secondary N) is 1. The molecule has 6 rings (SSSR count). The van der Waals surface area contributed by atoms with Gasteiger partial charge < -0.3 is 24.5 Å². The van der Waals surface area contributed by atoms with Gasteiger partial charge in [0.15, 0.2) is 34.7 Å². The summed E-state index contributed by atoms with van der Waals surface area (Å²) in [5.41, 5.74) is 2.99. The Morgan fingerprint density at radius 1 is 0.878 bits per heavy atom. The number of carbonyl (C=O) groups is 1. The number of benzene rings is 4. The van der Waals surface area contributed by atoms with Crippen LogP contribution in [0.2, 0.25) is 0 Å². The van der Waals surface area contributed by atoms with Gasteiger partial charge in [-0.25, -0.2) is 26.9 Å². The van der Waals surface area contributed by atoms with Crippen molar-refractivity contribution in [3.63, 3.8) is 0 Å². The molecule has 0 spiro atoms. The lowest BCUT2D eigenvalue weighted by Crippen LogP contribution is -2.31. The van der Waals surface area contributed by atoms with Crippen molar-refractivity contribution in [2.45, 2.75) is 43.2 Å². The molecule has 1 aliphatic rings. The summed E-state index contributed by atoms with van der Waals surface area (Å²) in [7, 11) is 1.93. The van der Waals surface area contributed by atoms with Crippen molar-refractivity contribution < 1.29 is 41.3 Å². The fourth-order valence-corrected chi connectivity index (χ4v) is 6.43. The van der Waals surface area contributed by atoms with Crippen LogP contribution in [-0.4, -0.2) is 32.4 Å². The highest BCUT2D eigenvalue weighted by Crippen LogP contribution is 2.40. The third kappa shape index (κ3) is 7.54. The van der Waals surface area contributed by atoms with Gasteiger partial charge in [0.25, 0.3) is 5.91 Å². The lowest BCUT2D eigenvalue weighted by atomic mass is 9.99. The molecule has 7 nitrogen and oxygen atoms in total. The summed E-state index contributed by atoms with van der Waals surface area (Å²) < 4.78 is 83.9. The molecule has 1 fully saturated rings. The van der Waals surface area contributed by atoms with Crippen molar-refractivity contribution in [2.75, 3.05) is 5.75 Å². The number of aliphatic hydroxyl groups excluding tert-OH is 1. The van der Waals surface area contributed by atoms with E-state index in [0.29, 0.717) is 17.7 Å². The van der Waals surface area contributed by atoms with Crippen molar-refractivity contribution in [2.24, 2.45) is 7.05 Å². The maximum absolute atomic E-state index is 14.1. The molecular formula is C36H30F5N3O4S. The second-order valence-corrected chi connectivity index (χ2v) is 12.4. The Balaban J connectivity index is 1.20. The first-order valence-corrected chi connectivity index (χ1v) is 16.2. The van der Waals surface area contributed by atoms with Gasteiger partial charge in [-0.05, 0) is 39.9 Å². The first kappa shape index (κ1) is 34.3. The summed E-state index contributed by atoms with van der Waals surface area (Å²) in [6.07, 6.45) is 3.03. The highest BCUT2D eigenvalue weighted by Gasteiger charge is 2.33. The van der Waals surface area contributed by atoms with Crippen LogP contribution >= 0.6 is 11.8 Å². The number of thioether (sulfide) groups is 1. The van der Waals surface area contributed by atoms with Crippen LogP contribution in [0.4, 0.5) is 22.0 Å². The average Bonchev–Trinajstić information content (AvgIpc) is 3.55. The van der Waals surface area contributed by atoms with E-state index in [9.17, 15) is 31.9 Å². The van der Waals surface area contributed by atoms with Crippen molar-refractivity contribution in [1.82, 2.24) is 14.9 Å². The Hall–Kier alpha value is -4.56. The Kier molecular flexibility index (Phi) is 10.4. The summed E-state index contributed by atoms with van der Waals surface area (Å²) in [4.78, 5) is 16.9. The normalized spacial score (nSPS) is 17.7. The first-order chi connectivity index (χ1) is 23.6. The highest BCUT2D eigenvalue weighted by molar-refractivity contribution is 7.99. The van der Waals surface area contributed by atoms with E-state index in [0.717, 1.165) is 33.0 Å². The summed E-state index contributed by atoms with van der Waals surface area (Å²) in [6, 6.07) is 22.1. The second kappa shape index (κ2) is 14.9. The van der Waals surface area contributed by atoms with Crippen LogP contribution in [0.15, 0.2) is 90.3 Å². The molecule has 49 heavy (non-hydrogen) atoms. The van der Waals surface area contributed by atoms with Gasteiger partial charge in [0, 0.05) is 43.7 Å². The fourth-order valence-electron chi connectivity index (χ4n) is 5.48. The number of imidazole rings is 1. The van der Waals surface area contributed by atoms with Crippen LogP contribution in [0.5, 0.6) is 0 Å². The summed E-state index contributed by atoms with van der Waals surface area (Å²) in [5.74, 6) is -11.9. The molecule has 0 saturated carbocycles. The first-order valence-electron chi connectivity index (χ1n) is 15.2. The predicted octanol–water partition coefficient (Wildman–Crippen LogP) is 7.54. The molecule has 254 valence electrons. The quantitative estimate of drug-likeness (QED) is 0.0680. The number of aromatic nitrogens is 2. The van der Waals surface area contributed by atoms with Gasteiger partial charge in [-0.1, -0.05) is 72.4 Å². The lowest BCUT2D eigenvalue weighted by Gasteiger charge is -2.36. The van der Waals surface area contributed by atoms with E-state index in [4.69, 9.17) is 9.47 Å². The molecule has 2 N–H and O–H groups in total. The standard InChI is InChI=1S/C36H30F5N3O4S/c1-44-13-12-42-36(44)49-19-26-16-27(22-10-8-20(18-45)9-11-22)48-35(47-26)25-7-3-6-24(15-25)23-5-2-4-21(14-23)17-43-34(46)28-29(37)31(39)33(41)32(40)30(28)38/h2-15,26-27,35,45H,16-19H2,1H3,(H,43,46)/t26-,27+,35+/m0/s1. The third-order valence-electron chi connectivity index (χ3n) is 8.10. The molecule has 3 atom stereocenters. The Morgan fingerprint density at radius 3 is 2.22 bits per heavy atom. The van der Waals surface area contributed by atoms with Gasteiger partial charge in [0.05, 0.1) is 18.8 Å². The molecule has 1 saturated heterocycles. The van der Waals surface area contributed by atoms with Crippen LogP contribution < -0.4 is 5.32 Å². The molecule has 1 amide bonds. The van der Waals surface area contributed by atoms with E-state index < -0.39 is 46.8 Å². The molecule has 13 heteroatoms. The number of hydrogen-bond acceptors (Lipinski definition) is 6. The van der Waals surface area contributed by atoms with Crippen molar-refractivity contribution in [1.29, 1.82) is 0 Å². The number of aliphatic hydroxyl groups is 1. The van der Waals surface area contributed by atoms with Gasteiger partial charge in [-0.2, -0.15) is 0 Å². The Labute approximate surface area is 282 Å². The molecule has 5 aromatic rings. The van der Waals surface area contributed by atoms with Crippen molar-refractivity contribution in [3.05, 3.63) is 142 Å². The predicted molar refractivity (Wildman–Crippen MR) is 172 cm³/mol. The van der Waals surface area contributed by atoms with Crippen LogP contribution in [0, 0.1) is 29.1 Å². The Morgan fingerprint density at radius 2 is 1.55 bits per heavy atom. The SMILES string of the molecule is Cn1ccnc1SC[C@@H]1C[C@H](c2ccc(CO)cc2)O[C@H](c2cccc(-c3cccc(CNC(=O)c4c(F)c(F)c(F)c(F)c4F)c3)c2)O1. The number of amides is 1. The fraction of sp³-hybridized carbons (Fsp3) is 0.222. The molecule has 0 radical (unpaired) electrons. The van der Waals surface area contributed by atoms with Crippen LogP contribution in [0.1, 0.15) is 51.4 Å². The topological polar surface area (TPSA) is 85.6 Å². The largest absolute Gasteiger partial charge is 0.392 e. The number of aryl methyl sites for hydroxylation is 1. The molecule has 1 aromatic heterocycles. The smallest absolute Gasteiger partial charge is 0.257 e. The average molecular weight is 696 g/mol. The van der Waals surface area contributed by atoms with E-state index in [1.807, 2.05) is 72.4 Å². The van der Waals surface area contributed by atoms with Crippen LogP contribution in [0.25, 0.3) is 11.1 Å². The summed E-state index contributed by atoms with van der Waals surface area (Å²) in [6.45, 7) is -0.307. The van der Waals surface area contributed by atoms with E-state index in [2.05, 4.69) is 10.3 Å². The third-order valence-corrected chi connectivity index (χ3v) is 9.29. The molecule has 4 aromatic carbocycles. The van der Waals surface area contributed by atoms with E-state index in [-0.39, 0.29) is 25.4 Å². The molecule has 1 aliphatic heterocycles. The van der Waals surface area contributed by atoms with Crippen LogP contribution in [0.3, 0.4) is 0 Å². The zero-order valence-corrected chi connectivity index (χ0v) is 26.8. The number of carbonyl (C=O) groups excluding carboxylic acids is 1. The Bertz CT molecular complexity index is 1940. The molecule has 0 aliphatic carbocycles. The lowest BCUT2D eigenvalue weighted by molar-refractivity contribution is -0.245. The molecular weight excluding hydrogens is 665 g/mol. The number of rotatable bonds is 10. The summed E-state index contributed by atoms with van der Waals surface area (Å²) >= 11 is 1.58. The molecule has 2 heterocycles. The second-order valence-electron chi connectivity index (χ2n) is 11.4. The molecule has 0 unspecified atom stereocenters. The number of hydrogen-bond donors (Lipinski definition) is 2. The van der Waals surface area contributed by atoms with E-state index in [1.54, 1.807) is 36.2 Å². The number of nitrogens with zero attached hydrogens (tertiary/aromatic N) is 2. The minimum Gasteiger partial charge on any atom is -0.392 e. The van der Waals surface area contributed by atoms with E-state index >= 15 is 0 Å². The number of halogens is 5.